The van der Waals surface area contributed by atoms with Crippen LogP contribution < -0.4 is 20.1 Å². The van der Waals surface area contributed by atoms with Crippen molar-refractivity contribution < 1.29 is 14.3 Å². The molecule has 0 saturated carbocycles. The molecule has 0 aliphatic carbocycles. The number of nitrogens with one attached hydrogen (secondary N) is 2. The molecule has 0 saturated heterocycles. The van der Waals surface area contributed by atoms with E-state index >= 15 is 0 Å². The number of methoxy groups -OCH3 is 2. The van der Waals surface area contributed by atoms with E-state index in [1.54, 1.807) is 14.2 Å². The van der Waals surface area contributed by atoms with Gasteiger partial charge in [-0.15, -0.1) is 0 Å². The van der Waals surface area contributed by atoms with Crippen LogP contribution in [0.15, 0.2) is 36.4 Å². The molecule has 1 aliphatic heterocycles. The van der Waals surface area contributed by atoms with Crippen molar-refractivity contribution in [1.29, 1.82) is 0 Å². The summed E-state index contributed by atoms with van der Waals surface area (Å²) in [6.07, 6.45) is 1.35. The first-order valence-corrected chi connectivity index (χ1v) is 8.47. The van der Waals surface area contributed by atoms with Crippen molar-refractivity contribution >= 4 is 11.6 Å². The quantitative estimate of drug-likeness (QED) is 0.846. The van der Waals surface area contributed by atoms with E-state index < -0.39 is 0 Å². The Labute approximate surface area is 148 Å². The van der Waals surface area contributed by atoms with Crippen molar-refractivity contribution in [3.05, 3.63) is 53.1 Å². The summed E-state index contributed by atoms with van der Waals surface area (Å²) < 4.78 is 10.7. The number of amides is 1. The molecular weight excluding hydrogens is 316 g/mol. The Morgan fingerprint density at radius 1 is 1.12 bits per heavy atom. The topological polar surface area (TPSA) is 59.6 Å². The van der Waals surface area contributed by atoms with Crippen molar-refractivity contribution in [3.63, 3.8) is 0 Å². The minimum atomic E-state index is 0.0940. The molecule has 1 amide bonds. The maximum Gasteiger partial charge on any atom is 0.224 e. The van der Waals surface area contributed by atoms with Crippen LogP contribution in [0.25, 0.3) is 0 Å². The highest BCUT2D eigenvalue weighted by Crippen LogP contribution is 2.27. The molecule has 0 spiro atoms. The lowest BCUT2D eigenvalue weighted by Crippen LogP contribution is -2.21. The predicted molar refractivity (Wildman–Crippen MR) is 98.2 cm³/mol. The monoisotopic (exact) mass is 340 g/mol. The van der Waals surface area contributed by atoms with Crippen molar-refractivity contribution in [2.24, 2.45) is 0 Å². The smallest absolute Gasteiger partial charge is 0.224 e. The first-order valence-electron chi connectivity index (χ1n) is 8.47. The van der Waals surface area contributed by atoms with E-state index in [0.717, 1.165) is 29.2 Å². The average Bonchev–Trinajstić information content (AvgIpc) is 2.65. The van der Waals surface area contributed by atoms with Crippen LogP contribution in [-0.4, -0.2) is 20.1 Å². The third-order valence-electron chi connectivity index (χ3n) is 4.61. The van der Waals surface area contributed by atoms with Crippen molar-refractivity contribution in [3.8, 4) is 11.5 Å². The normalized spacial score (nSPS) is 14.4. The van der Waals surface area contributed by atoms with E-state index in [1.807, 2.05) is 24.3 Å². The van der Waals surface area contributed by atoms with Crippen LogP contribution in [0.1, 0.15) is 36.1 Å². The van der Waals surface area contributed by atoms with Crippen LogP contribution in [0.5, 0.6) is 11.5 Å². The Bertz CT molecular complexity index is 774. The average molecular weight is 340 g/mol. The molecule has 1 heterocycles. The van der Waals surface area contributed by atoms with Gasteiger partial charge >= 0.3 is 0 Å². The maximum absolute atomic E-state index is 11.5. The molecule has 5 heteroatoms. The molecule has 3 rings (SSSR count). The van der Waals surface area contributed by atoms with Gasteiger partial charge in [0.25, 0.3) is 0 Å². The maximum atomic E-state index is 11.5. The minimum absolute atomic E-state index is 0.0940. The fraction of sp³-hybridized carbons (Fsp3) is 0.350. The summed E-state index contributed by atoms with van der Waals surface area (Å²) >= 11 is 0. The molecule has 1 aliphatic rings. The van der Waals surface area contributed by atoms with Crippen LogP contribution in [0.3, 0.4) is 0 Å². The fourth-order valence-electron chi connectivity index (χ4n) is 3.07. The van der Waals surface area contributed by atoms with E-state index in [9.17, 15) is 4.79 Å². The summed E-state index contributed by atoms with van der Waals surface area (Å²) in [7, 11) is 3.33. The molecule has 0 radical (unpaired) electrons. The Hall–Kier alpha value is -2.53. The number of carbonyl (C=O) groups excluding carboxylic acids is 1. The molecule has 25 heavy (non-hydrogen) atoms. The number of anilines is 1. The Kier molecular flexibility index (Phi) is 5.24. The Morgan fingerprint density at radius 3 is 2.72 bits per heavy atom. The highest BCUT2D eigenvalue weighted by molar-refractivity contribution is 5.93. The predicted octanol–water partition coefficient (Wildman–Crippen LogP) is 3.44. The Balaban J connectivity index is 1.71. The first-order chi connectivity index (χ1) is 12.1. The lowest BCUT2D eigenvalue weighted by Gasteiger charge is -2.21. The van der Waals surface area contributed by atoms with Crippen LogP contribution >= 0.6 is 0 Å². The standard InChI is InChI=1S/C20H24N2O3/c1-13(14-4-7-18-15(10-14)5-9-20(23)22-18)21-12-16-11-17(24-2)6-8-19(16)25-3/h4,6-8,10-11,13,21H,5,9,12H2,1-3H3,(H,22,23)/t13-/m1/s1. The first kappa shape index (κ1) is 17.3. The van der Waals surface area contributed by atoms with E-state index in [2.05, 4.69) is 29.7 Å². The molecule has 0 fully saturated rings. The lowest BCUT2D eigenvalue weighted by molar-refractivity contribution is -0.116. The van der Waals surface area contributed by atoms with Gasteiger partial charge in [-0.1, -0.05) is 12.1 Å². The number of rotatable bonds is 6. The summed E-state index contributed by atoms with van der Waals surface area (Å²) in [5.74, 6) is 1.75. The second-order valence-corrected chi connectivity index (χ2v) is 6.25. The molecule has 1 atom stereocenters. The van der Waals surface area contributed by atoms with E-state index in [1.165, 1.54) is 11.1 Å². The molecule has 2 N–H and O–H groups in total. The zero-order valence-electron chi connectivity index (χ0n) is 14.9. The van der Waals surface area contributed by atoms with Gasteiger partial charge in [0.05, 0.1) is 14.2 Å². The molecule has 2 aromatic carbocycles. The highest BCUT2D eigenvalue weighted by atomic mass is 16.5. The largest absolute Gasteiger partial charge is 0.497 e. The number of benzene rings is 2. The number of fused-ring (bicyclic) bond motifs is 1. The number of carbonyl (C=O) groups is 1. The van der Waals surface area contributed by atoms with E-state index in [4.69, 9.17) is 9.47 Å². The van der Waals surface area contributed by atoms with Crippen LogP contribution in [0.4, 0.5) is 5.69 Å². The summed E-state index contributed by atoms with van der Waals surface area (Å²) in [6, 6.07) is 12.2. The summed E-state index contributed by atoms with van der Waals surface area (Å²) in [5.41, 5.74) is 4.39. The summed E-state index contributed by atoms with van der Waals surface area (Å²) in [6.45, 7) is 2.81. The van der Waals surface area contributed by atoms with Crippen molar-refractivity contribution in [2.45, 2.75) is 32.4 Å². The second kappa shape index (κ2) is 7.57. The Morgan fingerprint density at radius 2 is 1.96 bits per heavy atom. The van der Waals surface area contributed by atoms with Crippen molar-refractivity contribution in [2.75, 3.05) is 19.5 Å². The zero-order chi connectivity index (χ0) is 17.8. The number of hydrogen-bond donors (Lipinski definition) is 2. The fourth-order valence-corrected chi connectivity index (χ4v) is 3.07. The molecule has 132 valence electrons. The third-order valence-corrected chi connectivity index (χ3v) is 4.61. The summed E-state index contributed by atoms with van der Waals surface area (Å²) in [5, 5.41) is 6.46. The number of aryl methyl sites for hydroxylation is 1. The molecule has 0 aromatic heterocycles. The summed E-state index contributed by atoms with van der Waals surface area (Å²) in [4.78, 5) is 11.5. The second-order valence-electron chi connectivity index (χ2n) is 6.25. The van der Waals surface area contributed by atoms with Gasteiger partial charge in [-0.05, 0) is 48.7 Å². The van der Waals surface area contributed by atoms with Crippen molar-refractivity contribution in [1.82, 2.24) is 5.32 Å². The molecule has 0 bridgehead atoms. The third kappa shape index (κ3) is 3.94. The minimum Gasteiger partial charge on any atom is -0.497 e. The molecule has 0 unspecified atom stereocenters. The molecule has 2 aromatic rings. The number of hydrogen-bond acceptors (Lipinski definition) is 4. The lowest BCUT2D eigenvalue weighted by atomic mass is 9.97. The van der Waals surface area contributed by atoms with Gasteiger partial charge in [0, 0.05) is 30.3 Å². The SMILES string of the molecule is COc1ccc(OC)c(CN[C@H](C)c2ccc3c(c2)CCC(=O)N3)c1. The molecular formula is C20H24N2O3. The number of ether oxygens (including phenoxy) is 2. The zero-order valence-corrected chi connectivity index (χ0v) is 14.9. The van der Waals surface area contributed by atoms with E-state index in [-0.39, 0.29) is 11.9 Å². The van der Waals surface area contributed by atoms with Gasteiger partial charge in [-0.2, -0.15) is 0 Å². The van der Waals surface area contributed by atoms with Gasteiger partial charge in [0.1, 0.15) is 11.5 Å². The van der Waals surface area contributed by atoms with Gasteiger partial charge < -0.3 is 20.1 Å². The van der Waals surface area contributed by atoms with E-state index in [0.29, 0.717) is 13.0 Å². The van der Waals surface area contributed by atoms with Crippen LogP contribution in [0, 0.1) is 0 Å². The van der Waals surface area contributed by atoms with Gasteiger partial charge in [-0.25, -0.2) is 0 Å². The van der Waals surface area contributed by atoms with Gasteiger partial charge in [0.2, 0.25) is 5.91 Å². The van der Waals surface area contributed by atoms with Gasteiger partial charge in [-0.3, -0.25) is 4.79 Å². The van der Waals surface area contributed by atoms with Crippen LogP contribution in [0.2, 0.25) is 0 Å². The van der Waals surface area contributed by atoms with Crippen LogP contribution in [-0.2, 0) is 17.8 Å². The molecule has 5 nitrogen and oxygen atoms in total. The highest BCUT2D eigenvalue weighted by Gasteiger charge is 2.16. The van der Waals surface area contributed by atoms with Gasteiger partial charge in [0.15, 0.2) is 0 Å².